The van der Waals surface area contributed by atoms with Crippen LogP contribution in [0.4, 0.5) is 5.69 Å². The lowest BCUT2D eigenvalue weighted by Crippen LogP contribution is -2.27. The molecule has 1 N–H and O–H groups in total. The van der Waals surface area contributed by atoms with Crippen LogP contribution < -0.4 is 20.3 Å². The fourth-order valence-electron chi connectivity index (χ4n) is 4.40. The summed E-state index contributed by atoms with van der Waals surface area (Å²) in [6.45, 7) is 4.22. The molecule has 2 aliphatic rings. The van der Waals surface area contributed by atoms with Gasteiger partial charge >= 0.3 is 0 Å². The number of fused-ring (bicyclic) bond motifs is 3. The second-order valence-electron chi connectivity index (χ2n) is 8.44. The predicted molar refractivity (Wildman–Crippen MR) is 128 cm³/mol. The molecule has 1 unspecified atom stereocenters. The van der Waals surface area contributed by atoms with Gasteiger partial charge in [-0.15, -0.1) is 0 Å². The molecule has 172 valence electrons. The summed E-state index contributed by atoms with van der Waals surface area (Å²) in [6, 6.07) is 11.0. The Morgan fingerprint density at radius 3 is 2.88 bits per heavy atom. The van der Waals surface area contributed by atoms with Crippen LogP contribution in [0.15, 0.2) is 52.5 Å². The zero-order valence-corrected chi connectivity index (χ0v) is 19.4. The number of aromatic nitrogens is 4. The highest BCUT2D eigenvalue weighted by atomic mass is 32.2. The van der Waals surface area contributed by atoms with Gasteiger partial charge in [-0.3, -0.25) is 14.2 Å². The molecule has 0 saturated heterocycles. The summed E-state index contributed by atoms with van der Waals surface area (Å²) >= 11 is 1.48. The van der Waals surface area contributed by atoms with E-state index >= 15 is 0 Å². The minimum atomic E-state index is -0.289. The summed E-state index contributed by atoms with van der Waals surface area (Å²) in [5.41, 5.74) is 4.07. The first-order valence-electron chi connectivity index (χ1n) is 10.9. The van der Waals surface area contributed by atoms with Gasteiger partial charge in [-0.2, -0.15) is 5.10 Å². The molecule has 0 bridgehead atoms. The van der Waals surface area contributed by atoms with Gasteiger partial charge in [0.05, 0.1) is 17.9 Å². The van der Waals surface area contributed by atoms with E-state index in [4.69, 9.17) is 14.5 Å². The average Bonchev–Trinajstić information content (AvgIpc) is 3.53. The highest BCUT2D eigenvalue weighted by Crippen LogP contribution is 2.36. The van der Waals surface area contributed by atoms with E-state index in [9.17, 15) is 9.59 Å². The van der Waals surface area contributed by atoms with E-state index in [2.05, 4.69) is 16.5 Å². The van der Waals surface area contributed by atoms with Crippen LogP contribution in [0.2, 0.25) is 0 Å². The van der Waals surface area contributed by atoms with Crippen LogP contribution >= 0.6 is 11.8 Å². The van der Waals surface area contributed by atoms with Crippen LogP contribution in [-0.2, 0) is 4.79 Å². The number of rotatable bonds is 4. The smallest absolute Gasteiger partial charge is 0.265 e. The molecule has 2 aromatic carbocycles. The monoisotopic (exact) mass is 475 g/mol. The van der Waals surface area contributed by atoms with Gasteiger partial charge in [-0.05, 0) is 37.6 Å². The maximum absolute atomic E-state index is 13.4. The van der Waals surface area contributed by atoms with Crippen LogP contribution in [0.1, 0.15) is 23.6 Å². The first kappa shape index (κ1) is 20.8. The summed E-state index contributed by atoms with van der Waals surface area (Å²) in [7, 11) is 0. The number of nitrogens with one attached hydrogen (secondary N) is 1. The van der Waals surface area contributed by atoms with E-state index in [1.165, 1.54) is 11.8 Å². The molecule has 10 heteroatoms. The van der Waals surface area contributed by atoms with Crippen molar-refractivity contribution >= 4 is 34.4 Å². The fraction of sp³-hybridized carbons (Fsp3) is 0.250. The van der Waals surface area contributed by atoms with Gasteiger partial charge < -0.3 is 14.8 Å². The van der Waals surface area contributed by atoms with Crippen LogP contribution in [0.5, 0.6) is 11.5 Å². The molecule has 0 spiro atoms. The van der Waals surface area contributed by atoms with Gasteiger partial charge in [-0.1, -0.05) is 29.5 Å². The van der Waals surface area contributed by atoms with E-state index in [0.29, 0.717) is 39.1 Å². The van der Waals surface area contributed by atoms with Crippen LogP contribution in [0.3, 0.4) is 0 Å². The summed E-state index contributed by atoms with van der Waals surface area (Å²) in [4.78, 5) is 30.9. The third kappa shape index (κ3) is 3.41. The van der Waals surface area contributed by atoms with Crippen molar-refractivity contribution in [3.8, 4) is 17.2 Å². The lowest BCUT2D eigenvalue weighted by Gasteiger charge is -2.14. The van der Waals surface area contributed by atoms with Crippen LogP contribution in [-0.4, -0.2) is 37.8 Å². The van der Waals surface area contributed by atoms with Crippen molar-refractivity contribution in [1.82, 2.24) is 19.3 Å². The molecule has 1 atom stereocenters. The molecule has 1 amide bonds. The van der Waals surface area contributed by atoms with Crippen molar-refractivity contribution in [2.75, 3.05) is 17.9 Å². The Hall–Kier alpha value is -3.79. The minimum Gasteiger partial charge on any atom is -0.454 e. The highest BCUT2D eigenvalue weighted by Gasteiger charge is 2.30. The Labute approximate surface area is 198 Å². The van der Waals surface area contributed by atoms with Gasteiger partial charge in [0.1, 0.15) is 5.39 Å². The lowest BCUT2D eigenvalue weighted by atomic mass is 10.1. The van der Waals surface area contributed by atoms with Crippen molar-refractivity contribution in [2.24, 2.45) is 0 Å². The lowest BCUT2D eigenvalue weighted by molar-refractivity contribution is -0.116. The van der Waals surface area contributed by atoms with Crippen LogP contribution in [0.25, 0.3) is 16.7 Å². The second-order valence-corrected chi connectivity index (χ2v) is 9.43. The summed E-state index contributed by atoms with van der Waals surface area (Å²) in [6.07, 6.45) is 1.72. The Kier molecular flexibility index (Phi) is 4.84. The molecule has 0 fully saturated rings. The number of hydrogen-bond donors (Lipinski definition) is 1. The first-order valence-corrected chi connectivity index (χ1v) is 11.9. The van der Waals surface area contributed by atoms with Crippen molar-refractivity contribution < 1.29 is 14.3 Å². The van der Waals surface area contributed by atoms with Gasteiger partial charge in [0.15, 0.2) is 22.3 Å². The number of nitrogens with zero attached hydrogens (tertiary/aromatic N) is 4. The fourth-order valence-corrected chi connectivity index (χ4v) is 5.53. The molecule has 2 aliphatic heterocycles. The Bertz CT molecular complexity index is 1530. The van der Waals surface area contributed by atoms with Gasteiger partial charge in [0, 0.05) is 23.9 Å². The zero-order valence-electron chi connectivity index (χ0n) is 18.6. The maximum Gasteiger partial charge on any atom is 0.265 e. The number of amides is 1. The van der Waals surface area contributed by atoms with E-state index in [-0.39, 0.29) is 30.7 Å². The SMILES string of the molecule is Cc1ccc(-n2ncc3c(=O)n4c(nc32)SCC4CC(=O)Nc2ccc3c(c2)OCO3)c(C)c1. The van der Waals surface area contributed by atoms with E-state index in [0.717, 1.165) is 16.8 Å². The topological polar surface area (TPSA) is 100 Å². The molecule has 4 aromatic rings. The number of ether oxygens (including phenoxy) is 2. The van der Waals surface area contributed by atoms with Crippen molar-refractivity contribution in [1.29, 1.82) is 0 Å². The molecule has 0 radical (unpaired) electrons. The predicted octanol–water partition coefficient (Wildman–Crippen LogP) is 3.60. The largest absolute Gasteiger partial charge is 0.454 e. The summed E-state index contributed by atoms with van der Waals surface area (Å²) < 4.78 is 14.0. The normalized spacial score (nSPS) is 16.1. The number of carbonyl (C=O) groups excluding carboxylic acids is 1. The van der Waals surface area contributed by atoms with Gasteiger partial charge in [0.25, 0.3) is 5.56 Å². The number of aryl methyl sites for hydroxylation is 2. The molecule has 34 heavy (non-hydrogen) atoms. The zero-order chi connectivity index (χ0) is 23.4. The molecule has 0 saturated carbocycles. The number of hydrogen-bond acceptors (Lipinski definition) is 7. The molecular formula is C24H21N5O4S. The highest BCUT2D eigenvalue weighted by molar-refractivity contribution is 7.99. The molecule has 4 heterocycles. The Morgan fingerprint density at radius 2 is 2.03 bits per heavy atom. The molecular weight excluding hydrogens is 454 g/mol. The number of thioether (sulfide) groups is 1. The summed E-state index contributed by atoms with van der Waals surface area (Å²) in [5, 5.41) is 8.38. The Morgan fingerprint density at radius 1 is 1.18 bits per heavy atom. The van der Waals surface area contributed by atoms with E-state index < -0.39 is 0 Å². The minimum absolute atomic E-state index is 0.159. The maximum atomic E-state index is 13.4. The second kappa shape index (κ2) is 7.91. The number of carbonyl (C=O) groups is 1. The molecule has 2 aromatic heterocycles. The molecule has 9 nitrogen and oxygen atoms in total. The number of anilines is 1. The van der Waals surface area contributed by atoms with E-state index in [1.54, 1.807) is 33.6 Å². The number of benzene rings is 2. The van der Waals surface area contributed by atoms with Crippen molar-refractivity contribution in [3.05, 3.63) is 64.1 Å². The quantitative estimate of drug-likeness (QED) is 0.450. The van der Waals surface area contributed by atoms with Crippen molar-refractivity contribution in [3.63, 3.8) is 0 Å². The summed E-state index contributed by atoms with van der Waals surface area (Å²) in [5.74, 6) is 1.67. The third-order valence-corrected chi connectivity index (χ3v) is 7.13. The third-order valence-electron chi connectivity index (χ3n) is 6.03. The van der Waals surface area contributed by atoms with Gasteiger partial charge in [-0.25, -0.2) is 9.67 Å². The molecule has 6 rings (SSSR count). The van der Waals surface area contributed by atoms with Crippen LogP contribution in [0, 0.1) is 13.8 Å². The van der Waals surface area contributed by atoms with Gasteiger partial charge in [0.2, 0.25) is 12.7 Å². The molecule has 0 aliphatic carbocycles. The average molecular weight is 476 g/mol. The Balaban J connectivity index is 1.28. The standard InChI is InChI=1S/C24H21N5O4S/c1-13-3-5-18(14(2)7-13)29-22-17(10-25-29)23(31)28-16(11-34-24(28)27-22)9-21(30)26-15-4-6-19-20(8-15)33-12-32-19/h3-8,10,16H,9,11-12H2,1-2H3,(H,26,30). The van der Waals surface area contributed by atoms with E-state index in [1.807, 2.05) is 26.0 Å². The van der Waals surface area contributed by atoms with Crippen molar-refractivity contribution in [2.45, 2.75) is 31.5 Å². The first-order chi connectivity index (χ1) is 16.5.